The third-order valence-corrected chi connectivity index (χ3v) is 1.64. The number of rotatable bonds is 6. The first-order valence-electron chi connectivity index (χ1n) is 4.71. The van der Waals surface area contributed by atoms with E-state index in [2.05, 4.69) is 10.6 Å². The third kappa shape index (κ3) is 7.72. The molecule has 0 saturated heterocycles. The maximum Gasteiger partial charge on any atom is 0.315 e. The number of urea groups is 1. The molecule has 0 aliphatic carbocycles. The van der Waals surface area contributed by atoms with Crippen LogP contribution >= 0.6 is 0 Å². The molecule has 6 heteroatoms. The molecule has 88 valence electrons. The van der Waals surface area contributed by atoms with Gasteiger partial charge in [-0.1, -0.05) is 0 Å². The van der Waals surface area contributed by atoms with Crippen molar-refractivity contribution >= 4 is 12.0 Å². The lowest BCUT2D eigenvalue weighted by Crippen LogP contribution is -2.49. The first kappa shape index (κ1) is 13.7. The van der Waals surface area contributed by atoms with Crippen LogP contribution in [0.2, 0.25) is 0 Å². The van der Waals surface area contributed by atoms with Crippen LogP contribution in [0, 0.1) is 0 Å². The van der Waals surface area contributed by atoms with Gasteiger partial charge in [-0.25, -0.2) is 9.18 Å². The molecule has 0 aliphatic heterocycles. The highest BCUT2D eigenvalue weighted by atomic mass is 19.1. The minimum Gasteiger partial charge on any atom is -0.481 e. The molecule has 0 saturated carbocycles. The molecule has 0 aliphatic rings. The van der Waals surface area contributed by atoms with Crippen LogP contribution in [0.15, 0.2) is 0 Å². The minimum absolute atomic E-state index is 0.00673. The van der Waals surface area contributed by atoms with Gasteiger partial charge in [-0.05, 0) is 20.3 Å². The van der Waals surface area contributed by atoms with Gasteiger partial charge in [0.2, 0.25) is 0 Å². The van der Waals surface area contributed by atoms with Crippen molar-refractivity contribution < 1.29 is 19.1 Å². The third-order valence-electron chi connectivity index (χ3n) is 1.64. The first-order valence-corrected chi connectivity index (χ1v) is 4.71. The Balaban J connectivity index is 3.62. The molecule has 2 amide bonds. The monoisotopic (exact) mass is 220 g/mol. The molecule has 0 heterocycles. The average Bonchev–Trinajstić information content (AvgIpc) is 2.11. The number of carboxylic acids is 1. The van der Waals surface area contributed by atoms with E-state index in [-0.39, 0.29) is 13.0 Å². The van der Waals surface area contributed by atoms with Crippen LogP contribution in [-0.2, 0) is 4.79 Å². The minimum atomic E-state index is -0.902. The zero-order valence-corrected chi connectivity index (χ0v) is 8.97. The summed E-state index contributed by atoms with van der Waals surface area (Å²) in [6.45, 7) is 2.73. The zero-order valence-electron chi connectivity index (χ0n) is 8.97. The lowest BCUT2D eigenvalue weighted by atomic mass is 10.1. The highest BCUT2D eigenvalue weighted by molar-refractivity contribution is 5.74. The van der Waals surface area contributed by atoms with Crippen LogP contribution in [0.1, 0.15) is 26.7 Å². The fourth-order valence-corrected chi connectivity index (χ4v) is 0.826. The molecule has 0 fully saturated rings. The first-order chi connectivity index (χ1) is 6.87. The van der Waals surface area contributed by atoms with Gasteiger partial charge in [0, 0.05) is 13.0 Å². The number of alkyl halides is 1. The molecule has 0 bridgehead atoms. The summed E-state index contributed by atoms with van der Waals surface area (Å²) >= 11 is 0. The van der Waals surface area contributed by atoms with Gasteiger partial charge in [0.05, 0.1) is 5.54 Å². The van der Waals surface area contributed by atoms with Crippen LogP contribution in [0.5, 0.6) is 0 Å². The summed E-state index contributed by atoms with van der Waals surface area (Å²) in [5.41, 5.74) is -0.892. The van der Waals surface area contributed by atoms with Crippen molar-refractivity contribution in [2.24, 2.45) is 0 Å². The Kier molecular flexibility index (Phi) is 5.66. The van der Waals surface area contributed by atoms with Crippen LogP contribution in [-0.4, -0.2) is 35.9 Å². The normalized spacial score (nSPS) is 10.9. The van der Waals surface area contributed by atoms with E-state index in [9.17, 15) is 14.0 Å². The van der Waals surface area contributed by atoms with Gasteiger partial charge in [0.1, 0.15) is 6.67 Å². The predicted octanol–water partition coefficient (Wildman–Crippen LogP) is 0.898. The standard InChI is InChI=1S/C9H17FN2O3/c1-9(2,6-10)12-8(15)11-5-3-4-7(13)14/h3-6H2,1-2H3,(H,13,14)(H2,11,12,15). The highest BCUT2D eigenvalue weighted by Crippen LogP contribution is 2.01. The Morgan fingerprint density at radius 1 is 1.40 bits per heavy atom. The number of halogens is 1. The van der Waals surface area contributed by atoms with E-state index >= 15 is 0 Å². The van der Waals surface area contributed by atoms with Gasteiger partial charge in [-0.3, -0.25) is 4.79 Å². The molecule has 0 aromatic carbocycles. The van der Waals surface area contributed by atoms with Crippen LogP contribution in [0.25, 0.3) is 0 Å². The summed E-state index contributed by atoms with van der Waals surface area (Å²) in [5, 5.41) is 13.2. The molecule has 0 aromatic heterocycles. The maximum atomic E-state index is 12.3. The second kappa shape index (κ2) is 6.21. The van der Waals surface area contributed by atoms with Crippen molar-refractivity contribution in [3.05, 3.63) is 0 Å². The van der Waals surface area contributed by atoms with Crippen molar-refractivity contribution in [1.29, 1.82) is 0 Å². The van der Waals surface area contributed by atoms with Crippen molar-refractivity contribution in [3.63, 3.8) is 0 Å². The average molecular weight is 220 g/mol. The molecule has 0 radical (unpaired) electrons. The number of aliphatic carboxylic acids is 1. The summed E-state index contributed by atoms with van der Waals surface area (Å²) in [6, 6.07) is -0.483. The Morgan fingerprint density at radius 2 is 2.00 bits per heavy atom. The molecule has 0 rings (SSSR count). The van der Waals surface area contributed by atoms with E-state index in [0.29, 0.717) is 6.42 Å². The topological polar surface area (TPSA) is 78.4 Å². The second-order valence-corrected chi connectivity index (χ2v) is 3.90. The van der Waals surface area contributed by atoms with Gasteiger partial charge in [0.15, 0.2) is 0 Å². The second-order valence-electron chi connectivity index (χ2n) is 3.90. The van der Waals surface area contributed by atoms with E-state index in [1.807, 2.05) is 0 Å². The summed E-state index contributed by atoms with van der Waals surface area (Å²) in [6.07, 6.45) is 0.367. The Morgan fingerprint density at radius 3 is 2.47 bits per heavy atom. The lowest BCUT2D eigenvalue weighted by molar-refractivity contribution is -0.137. The quantitative estimate of drug-likeness (QED) is 0.582. The van der Waals surface area contributed by atoms with Crippen molar-refractivity contribution in [3.8, 4) is 0 Å². The van der Waals surface area contributed by atoms with Crippen LogP contribution < -0.4 is 10.6 Å². The summed E-state index contributed by atoms with van der Waals surface area (Å²) < 4.78 is 12.3. The van der Waals surface area contributed by atoms with E-state index in [1.165, 1.54) is 0 Å². The number of carboxylic acid groups (broad SMARTS) is 1. The number of nitrogens with one attached hydrogen (secondary N) is 2. The maximum absolute atomic E-state index is 12.3. The van der Waals surface area contributed by atoms with E-state index in [0.717, 1.165) is 0 Å². The molecular weight excluding hydrogens is 203 g/mol. The molecule has 5 nitrogen and oxygen atoms in total. The van der Waals surface area contributed by atoms with E-state index in [4.69, 9.17) is 5.11 Å². The van der Waals surface area contributed by atoms with Crippen LogP contribution in [0.4, 0.5) is 9.18 Å². The molecule has 0 unspecified atom stereocenters. The van der Waals surface area contributed by atoms with Gasteiger partial charge >= 0.3 is 12.0 Å². The van der Waals surface area contributed by atoms with Crippen LogP contribution in [0.3, 0.4) is 0 Å². The summed E-state index contributed by atoms with van der Waals surface area (Å²) in [7, 11) is 0. The van der Waals surface area contributed by atoms with E-state index in [1.54, 1.807) is 13.8 Å². The smallest absolute Gasteiger partial charge is 0.315 e. The van der Waals surface area contributed by atoms with Crippen molar-refractivity contribution in [1.82, 2.24) is 10.6 Å². The van der Waals surface area contributed by atoms with E-state index < -0.39 is 24.2 Å². The Bertz CT molecular complexity index is 231. The number of hydrogen-bond acceptors (Lipinski definition) is 2. The SMILES string of the molecule is CC(C)(CF)NC(=O)NCCCC(=O)O. The molecule has 0 atom stereocenters. The summed E-state index contributed by atoms with van der Waals surface area (Å²) in [5.74, 6) is -0.902. The summed E-state index contributed by atoms with van der Waals surface area (Å²) in [4.78, 5) is 21.3. The fourth-order valence-electron chi connectivity index (χ4n) is 0.826. The molecule has 3 N–H and O–H groups in total. The van der Waals surface area contributed by atoms with Crippen molar-refractivity contribution in [2.75, 3.05) is 13.2 Å². The lowest BCUT2D eigenvalue weighted by Gasteiger charge is -2.22. The predicted molar refractivity (Wildman–Crippen MR) is 53.5 cm³/mol. The van der Waals surface area contributed by atoms with Gasteiger partial charge in [-0.15, -0.1) is 0 Å². The van der Waals surface area contributed by atoms with Crippen molar-refractivity contribution in [2.45, 2.75) is 32.2 Å². The Hall–Kier alpha value is -1.33. The largest absolute Gasteiger partial charge is 0.481 e. The van der Waals surface area contributed by atoms with Gasteiger partial charge in [-0.2, -0.15) is 0 Å². The van der Waals surface area contributed by atoms with Gasteiger partial charge < -0.3 is 15.7 Å². The molecule has 15 heavy (non-hydrogen) atoms. The van der Waals surface area contributed by atoms with Gasteiger partial charge in [0.25, 0.3) is 0 Å². The number of carbonyl (C=O) groups is 2. The molecule has 0 aromatic rings. The fraction of sp³-hybridized carbons (Fsp3) is 0.778. The molecule has 0 spiro atoms. The number of hydrogen-bond donors (Lipinski definition) is 3. The zero-order chi connectivity index (χ0) is 11.9. The molecular formula is C9H17FN2O3. The highest BCUT2D eigenvalue weighted by Gasteiger charge is 2.19. The number of amides is 2. The Labute approximate surface area is 88.0 Å². The number of carbonyl (C=O) groups excluding carboxylic acids is 1.